The molecule has 0 bridgehead atoms. The van der Waals surface area contributed by atoms with Crippen LogP contribution in [0.25, 0.3) is 0 Å². The van der Waals surface area contributed by atoms with Crippen LogP contribution in [0.1, 0.15) is 16.4 Å². The Hall–Kier alpha value is -1.96. The minimum atomic E-state index is -0.513. The van der Waals surface area contributed by atoms with E-state index in [0.717, 1.165) is 10.7 Å². The molecule has 0 radical (unpaired) electrons. The number of nitrogens with zero attached hydrogens (tertiary/aromatic N) is 4. The van der Waals surface area contributed by atoms with Gasteiger partial charge in [0, 0.05) is 5.38 Å². The Balaban J connectivity index is 2.34. The largest absolute Gasteiger partial charge is 0.378 e. The highest BCUT2D eigenvalue weighted by molar-refractivity contribution is 7.09. The van der Waals surface area contributed by atoms with Gasteiger partial charge in [-0.1, -0.05) is 0 Å². The normalized spacial score (nSPS) is 10.7. The van der Waals surface area contributed by atoms with Crippen molar-refractivity contribution in [2.45, 2.75) is 20.4 Å². The van der Waals surface area contributed by atoms with Crippen molar-refractivity contribution in [2.24, 2.45) is 0 Å². The smallest absolute Gasteiger partial charge is 0.333 e. The van der Waals surface area contributed by atoms with Gasteiger partial charge in [0.05, 0.1) is 22.2 Å². The Morgan fingerprint density at radius 1 is 1.59 bits per heavy atom. The fourth-order valence-corrected chi connectivity index (χ4v) is 2.17. The summed E-state index contributed by atoms with van der Waals surface area (Å²) in [5, 5.41) is 17.6. The second-order valence-corrected chi connectivity index (χ2v) is 4.65. The lowest BCUT2D eigenvalue weighted by molar-refractivity contribution is -0.384. The minimum absolute atomic E-state index is 0.0677. The molecule has 0 aliphatic rings. The van der Waals surface area contributed by atoms with E-state index in [0.29, 0.717) is 12.2 Å². The molecule has 0 saturated heterocycles. The highest BCUT2D eigenvalue weighted by Crippen LogP contribution is 2.25. The molecule has 90 valence electrons. The zero-order valence-electron chi connectivity index (χ0n) is 9.38. The number of hydrogen-bond acceptors (Lipinski definition) is 6. The summed E-state index contributed by atoms with van der Waals surface area (Å²) < 4.78 is 1.40. The Morgan fingerprint density at radius 2 is 2.29 bits per heavy atom. The van der Waals surface area contributed by atoms with Gasteiger partial charge in [0.25, 0.3) is 0 Å². The van der Waals surface area contributed by atoms with Crippen molar-refractivity contribution in [1.82, 2.24) is 14.8 Å². The highest BCUT2D eigenvalue weighted by Gasteiger charge is 2.23. The average Bonchev–Trinajstić information content (AvgIpc) is 2.73. The van der Waals surface area contributed by atoms with Crippen molar-refractivity contribution in [2.75, 3.05) is 5.73 Å². The topological polar surface area (TPSA) is 99.9 Å². The molecular weight excluding hydrogens is 242 g/mol. The first kappa shape index (κ1) is 11.5. The van der Waals surface area contributed by atoms with Crippen LogP contribution in [-0.4, -0.2) is 19.7 Å². The van der Waals surface area contributed by atoms with Crippen LogP contribution in [0.3, 0.4) is 0 Å². The molecule has 0 unspecified atom stereocenters. The van der Waals surface area contributed by atoms with Crippen molar-refractivity contribution in [3.63, 3.8) is 0 Å². The average molecular weight is 253 g/mol. The van der Waals surface area contributed by atoms with Gasteiger partial charge in [-0.25, -0.2) is 9.67 Å². The Bertz CT molecular complexity index is 574. The summed E-state index contributed by atoms with van der Waals surface area (Å²) in [4.78, 5) is 14.5. The maximum atomic E-state index is 10.8. The van der Waals surface area contributed by atoms with Crippen molar-refractivity contribution >= 4 is 22.8 Å². The SMILES string of the molecule is Cc1nc(Cn2nc(C)c([N+](=O)[O-])c2N)cs1. The van der Waals surface area contributed by atoms with E-state index >= 15 is 0 Å². The molecule has 0 saturated carbocycles. The van der Waals surface area contributed by atoms with Crippen LogP contribution in [0.4, 0.5) is 11.5 Å². The Kier molecular flexibility index (Phi) is 2.80. The van der Waals surface area contributed by atoms with E-state index in [-0.39, 0.29) is 11.5 Å². The first-order chi connectivity index (χ1) is 7.99. The van der Waals surface area contributed by atoms with E-state index < -0.39 is 4.92 Å². The molecule has 0 amide bonds. The van der Waals surface area contributed by atoms with Crippen LogP contribution in [-0.2, 0) is 6.54 Å². The van der Waals surface area contributed by atoms with E-state index in [1.165, 1.54) is 16.0 Å². The van der Waals surface area contributed by atoms with Gasteiger partial charge >= 0.3 is 5.69 Å². The minimum Gasteiger partial charge on any atom is -0.378 e. The Morgan fingerprint density at radius 3 is 2.76 bits per heavy atom. The second-order valence-electron chi connectivity index (χ2n) is 3.59. The summed E-state index contributed by atoms with van der Waals surface area (Å²) in [6.07, 6.45) is 0. The van der Waals surface area contributed by atoms with Crippen molar-refractivity contribution in [3.8, 4) is 0 Å². The van der Waals surface area contributed by atoms with Gasteiger partial charge in [-0.2, -0.15) is 5.10 Å². The lowest BCUT2D eigenvalue weighted by Crippen LogP contribution is -2.07. The predicted molar refractivity (Wildman–Crippen MR) is 64.0 cm³/mol. The summed E-state index contributed by atoms with van der Waals surface area (Å²) >= 11 is 1.52. The molecule has 7 nitrogen and oxygen atoms in total. The predicted octanol–water partition coefficient (Wildman–Crippen LogP) is 1.50. The number of rotatable bonds is 3. The molecule has 0 fully saturated rings. The number of nitrogen functional groups attached to an aromatic ring is 1. The summed E-state index contributed by atoms with van der Waals surface area (Å²) in [5.41, 5.74) is 6.69. The van der Waals surface area contributed by atoms with Crippen LogP contribution in [0, 0.1) is 24.0 Å². The van der Waals surface area contributed by atoms with E-state index in [1.807, 2.05) is 12.3 Å². The number of anilines is 1. The van der Waals surface area contributed by atoms with Crippen LogP contribution < -0.4 is 5.73 Å². The molecule has 0 spiro atoms. The van der Waals surface area contributed by atoms with Crippen LogP contribution >= 0.6 is 11.3 Å². The molecular formula is C9H11N5O2S. The van der Waals surface area contributed by atoms with Gasteiger partial charge in [0.2, 0.25) is 5.82 Å². The summed E-state index contributed by atoms with van der Waals surface area (Å²) in [6.45, 7) is 3.82. The molecule has 2 aromatic heterocycles. The third-order valence-electron chi connectivity index (χ3n) is 2.30. The number of hydrogen-bond donors (Lipinski definition) is 1. The van der Waals surface area contributed by atoms with Crippen molar-refractivity contribution < 1.29 is 4.92 Å². The summed E-state index contributed by atoms with van der Waals surface area (Å²) in [6, 6.07) is 0. The fourth-order valence-electron chi connectivity index (χ4n) is 1.57. The van der Waals surface area contributed by atoms with E-state index in [9.17, 15) is 10.1 Å². The third kappa shape index (κ3) is 2.11. The molecule has 0 aliphatic carbocycles. The molecule has 8 heteroatoms. The second kappa shape index (κ2) is 4.13. The first-order valence-corrected chi connectivity index (χ1v) is 5.75. The number of aromatic nitrogens is 3. The standard InChI is InChI=1S/C9H11N5O2S/c1-5-8(14(15)16)9(10)13(12-5)3-7-4-17-6(2)11-7/h4H,3,10H2,1-2H3. The third-order valence-corrected chi connectivity index (χ3v) is 3.12. The van der Waals surface area contributed by atoms with Gasteiger partial charge in [0.15, 0.2) is 0 Å². The molecule has 17 heavy (non-hydrogen) atoms. The lowest BCUT2D eigenvalue weighted by atomic mass is 10.4. The summed E-state index contributed by atoms with van der Waals surface area (Å²) in [5.74, 6) is 0.0677. The molecule has 0 aromatic carbocycles. The Labute approximate surface area is 101 Å². The van der Waals surface area contributed by atoms with Gasteiger partial charge in [-0.15, -0.1) is 11.3 Å². The number of aryl methyl sites for hydroxylation is 2. The molecule has 2 heterocycles. The van der Waals surface area contributed by atoms with Gasteiger partial charge in [0.1, 0.15) is 5.69 Å². The van der Waals surface area contributed by atoms with Gasteiger partial charge in [-0.05, 0) is 13.8 Å². The zero-order valence-corrected chi connectivity index (χ0v) is 10.2. The summed E-state index contributed by atoms with van der Waals surface area (Å²) in [7, 11) is 0. The van der Waals surface area contributed by atoms with Crippen molar-refractivity contribution in [3.05, 3.63) is 31.9 Å². The number of nitrogens with two attached hydrogens (primary N) is 1. The maximum absolute atomic E-state index is 10.8. The monoisotopic (exact) mass is 253 g/mol. The zero-order chi connectivity index (χ0) is 12.6. The molecule has 0 atom stereocenters. The molecule has 2 N–H and O–H groups in total. The fraction of sp³-hybridized carbons (Fsp3) is 0.333. The maximum Gasteiger partial charge on any atom is 0.333 e. The van der Waals surface area contributed by atoms with Gasteiger partial charge in [-0.3, -0.25) is 10.1 Å². The number of nitro groups is 1. The quantitative estimate of drug-likeness (QED) is 0.659. The highest BCUT2D eigenvalue weighted by atomic mass is 32.1. The van der Waals surface area contributed by atoms with Crippen LogP contribution in [0.2, 0.25) is 0 Å². The lowest BCUT2D eigenvalue weighted by Gasteiger charge is -1.99. The van der Waals surface area contributed by atoms with Crippen LogP contribution in [0.15, 0.2) is 5.38 Å². The first-order valence-electron chi connectivity index (χ1n) is 4.87. The van der Waals surface area contributed by atoms with E-state index in [2.05, 4.69) is 10.1 Å². The van der Waals surface area contributed by atoms with E-state index in [1.54, 1.807) is 6.92 Å². The molecule has 2 aromatic rings. The molecule has 0 aliphatic heterocycles. The van der Waals surface area contributed by atoms with Crippen LogP contribution in [0.5, 0.6) is 0 Å². The molecule has 2 rings (SSSR count). The van der Waals surface area contributed by atoms with E-state index in [4.69, 9.17) is 5.73 Å². The van der Waals surface area contributed by atoms with Gasteiger partial charge < -0.3 is 5.73 Å². The number of thiazole rings is 1. The van der Waals surface area contributed by atoms with Crippen molar-refractivity contribution in [1.29, 1.82) is 0 Å².